The van der Waals surface area contributed by atoms with Gasteiger partial charge in [0.25, 0.3) is 5.91 Å². The second-order valence-corrected chi connectivity index (χ2v) is 3.60. The number of anilines is 1. The summed E-state index contributed by atoms with van der Waals surface area (Å²) in [5.74, 6) is -0.417. The van der Waals surface area contributed by atoms with Gasteiger partial charge in [-0.15, -0.1) is 12.4 Å². The third-order valence-corrected chi connectivity index (χ3v) is 2.07. The van der Waals surface area contributed by atoms with Gasteiger partial charge in [0.1, 0.15) is 0 Å². The van der Waals surface area contributed by atoms with Crippen LogP contribution in [0.2, 0.25) is 0 Å². The number of alkyl halides is 3. The molecule has 1 rings (SSSR count). The molecule has 1 aromatic carbocycles. The van der Waals surface area contributed by atoms with Crippen LogP contribution in [0.5, 0.6) is 0 Å². The van der Waals surface area contributed by atoms with Crippen molar-refractivity contribution in [2.45, 2.75) is 19.0 Å². The smallest absolute Gasteiger partial charge is 0.389 e. The molecule has 3 N–H and O–H groups in total. The number of nitrogen functional groups attached to an aromatic ring is 1. The van der Waals surface area contributed by atoms with Crippen LogP contribution in [-0.2, 0) is 0 Å². The minimum Gasteiger partial charge on any atom is -0.399 e. The van der Waals surface area contributed by atoms with Crippen LogP contribution in [0.25, 0.3) is 0 Å². The van der Waals surface area contributed by atoms with Crippen LogP contribution in [0.3, 0.4) is 0 Å². The van der Waals surface area contributed by atoms with E-state index < -0.39 is 18.5 Å². The lowest BCUT2D eigenvalue weighted by atomic mass is 10.2. The van der Waals surface area contributed by atoms with E-state index in [1.807, 2.05) is 0 Å². The Balaban J connectivity index is 0.00000289. The van der Waals surface area contributed by atoms with E-state index in [-0.39, 0.29) is 25.4 Å². The molecule has 0 radical (unpaired) electrons. The molecular formula is C11H14ClF3N2O. The lowest BCUT2D eigenvalue weighted by Crippen LogP contribution is -2.25. The van der Waals surface area contributed by atoms with Gasteiger partial charge in [0.2, 0.25) is 0 Å². The zero-order valence-corrected chi connectivity index (χ0v) is 10.3. The van der Waals surface area contributed by atoms with Gasteiger partial charge in [-0.1, -0.05) is 6.07 Å². The number of carbonyl (C=O) groups excluding carboxylic acids is 1. The molecule has 0 saturated heterocycles. The van der Waals surface area contributed by atoms with E-state index in [4.69, 9.17) is 5.73 Å². The first-order valence-corrected chi connectivity index (χ1v) is 5.09. The van der Waals surface area contributed by atoms with E-state index in [2.05, 4.69) is 5.32 Å². The van der Waals surface area contributed by atoms with Crippen molar-refractivity contribution in [3.63, 3.8) is 0 Å². The first-order chi connectivity index (χ1) is 7.88. The highest BCUT2D eigenvalue weighted by Gasteiger charge is 2.25. The Morgan fingerprint density at radius 2 is 2.00 bits per heavy atom. The van der Waals surface area contributed by atoms with Crippen LogP contribution < -0.4 is 11.1 Å². The van der Waals surface area contributed by atoms with Crippen LogP contribution in [-0.4, -0.2) is 18.6 Å². The summed E-state index contributed by atoms with van der Waals surface area (Å²) in [5, 5.41) is 2.40. The van der Waals surface area contributed by atoms with Crippen molar-refractivity contribution >= 4 is 24.0 Å². The van der Waals surface area contributed by atoms with Gasteiger partial charge < -0.3 is 11.1 Å². The summed E-state index contributed by atoms with van der Waals surface area (Å²) in [5.41, 5.74) is 6.26. The number of carbonyl (C=O) groups is 1. The van der Waals surface area contributed by atoms with E-state index in [1.54, 1.807) is 18.2 Å². The fraction of sp³-hybridized carbons (Fsp3) is 0.364. The van der Waals surface area contributed by atoms with E-state index >= 15 is 0 Å². The van der Waals surface area contributed by atoms with Crippen LogP contribution in [0, 0.1) is 0 Å². The molecule has 3 nitrogen and oxygen atoms in total. The molecule has 1 amide bonds. The number of nitrogens with two attached hydrogens (primary N) is 1. The average Bonchev–Trinajstić information content (AvgIpc) is 2.23. The number of halogens is 4. The minimum absolute atomic E-state index is 0. The fourth-order valence-electron chi connectivity index (χ4n) is 1.27. The fourth-order valence-corrected chi connectivity index (χ4v) is 1.27. The Kier molecular flexibility index (Phi) is 6.54. The maximum absolute atomic E-state index is 11.8. The topological polar surface area (TPSA) is 55.1 Å². The summed E-state index contributed by atoms with van der Waals surface area (Å²) in [6.07, 6.45) is -5.20. The predicted octanol–water partition coefficient (Wildman–Crippen LogP) is 2.76. The Labute approximate surface area is 109 Å². The minimum atomic E-state index is -4.18. The Bertz CT molecular complexity index is 396. The Morgan fingerprint density at radius 1 is 1.33 bits per heavy atom. The molecule has 0 saturated carbocycles. The number of rotatable bonds is 4. The predicted molar refractivity (Wildman–Crippen MR) is 65.7 cm³/mol. The highest BCUT2D eigenvalue weighted by atomic mass is 35.5. The monoisotopic (exact) mass is 282 g/mol. The molecule has 0 aliphatic carbocycles. The van der Waals surface area contributed by atoms with Gasteiger partial charge in [0.15, 0.2) is 0 Å². The lowest BCUT2D eigenvalue weighted by molar-refractivity contribution is -0.135. The zero-order chi connectivity index (χ0) is 12.9. The van der Waals surface area contributed by atoms with Crippen LogP contribution in [0.1, 0.15) is 23.2 Å². The van der Waals surface area contributed by atoms with E-state index in [9.17, 15) is 18.0 Å². The third kappa shape index (κ3) is 6.34. The molecular weight excluding hydrogens is 269 g/mol. The molecule has 0 fully saturated rings. The van der Waals surface area contributed by atoms with Crippen molar-refractivity contribution in [3.8, 4) is 0 Å². The van der Waals surface area contributed by atoms with Crippen LogP contribution >= 0.6 is 12.4 Å². The van der Waals surface area contributed by atoms with E-state index in [0.29, 0.717) is 11.3 Å². The molecule has 18 heavy (non-hydrogen) atoms. The van der Waals surface area contributed by atoms with Crippen LogP contribution in [0.15, 0.2) is 24.3 Å². The largest absolute Gasteiger partial charge is 0.399 e. The van der Waals surface area contributed by atoms with Gasteiger partial charge in [-0.3, -0.25) is 4.79 Å². The second kappa shape index (κ2) is 7.10. The van der Waals surface area contributed by atoms with E-state index in [0.717, 1.165) is 0 Å². The number of nitrogens with one attached hydrogen (secondary N) is 1. The number of amides is 1. The number of hydrogen-bond donors (Lipinski definition) is 2. The third-order valence-electron chi connectivity index (χ3n) is 2.07. The summed E-state index contributed by atoms with van der Waals surface area (Å²) in [4.78, 5) is 11.5. The molecule has 0 aliphatic rings. The lowest BCUT2D eigenvalue weighted by Gasteiger charge is -2.07. The summed E-state index contributed by atoms with van der Waals surface area (Å²) < 4.78 is 35.5. The summed E-state index contributed by atoms with van der Waals surface area (Å²) >= 11 is 0. The van der Waals surface area contributed by atoms with Gasteiger partial charge in [-0.2, -0.15) is 13.2 Å². The van der Waals surface area contributed by atoms with Crippen molar-refractivity contribution in [2.75, 3.05) is 12.3 Å². The second-order valence-electron chi connectivity index (χ2n) is 3.60. The molecule has 0 heterocycles. The summed E-state index contributed by atoms with van der Waals surface area (Å²) in [6.45, 7) is -0.00680. The van der Waals surface area contributed by atoms with Crippen molar-refractivity contribution in [1.29, 1.82) is 0 Å². The summed E-state index contributed by atoms with van der Waals surface area (Å²) in [6, 6.07) is 6.26. The quantitative estimate of drug-likeness (QED) is 0.659. The molecule has 0 aliphatic heterocycles. The zero-order valence-electron chi connectivity index (χ0n) is 9.46. The number of hydrogen-bond acceptors (Lipinski definition) is 2. The molecule has 0 unspecified atom stereocenters. The molecule has 1 aromatic rings. The average molecular weight is 283 g/mol. The highest BCUT2D eigenvalue weighted by Crippen LogP contribution is 2.20. The van der Waals surface area contributed by atoms with Crippen LogP contribution in [0.4, 0.5) is 18.9 Å². The van der Waals surface area contributed by atoms with E-state index in [1.165, 1.54) is 6.07 Å². The van der Waals surface area contributed by atoms with Gasteiger partial charge in [0, 0.05) is 24.2 Å². The molecule has 0 bridgehead atoms. The molecule has 0 atom stereocenters. The maximum Gasteiger partial charge on any atom is 0.389 e. The maximum atomic E-state index is 11.8. The Hall–Kier alpha value is -1.43. The number of benzene rings is 1. The standard InChI is InChI=1S/C11H13F3N2O.ClH/c12-11(13,14)5-2-6-16-10(17)8-3-1-4-9(15)7-8;/h1,3-4,7H,2,5-6,15H2,(H,16,17);1H. The molecule has 102 valence electrons. The first-order valence-electron chi connectivity index (χ1n) is 5.09. The molecule has 7 heteroatoms. The molecule has 0 aromatic heterocycles. The van der Waals surface area contributed by atoms with Crippen molar-refractivity contribution in [3.05, 3.63) is 29.8 Å². The van der Waals surface area contributed by atoms with Gasteiger partial charge >= 0.3 is 6.18 Å². The van der Waals surface area contributed by atoms with Gasteiger partial charge in [-0.05, 0) is 24.6 Å². The van der Waals surface area contributed by atoms with Gasteiger partial charge in [0.05, 0.1) is 0 Å². The van der Waals surface area contributed by atoms with Crippen molar-refractivity contribution < 1.29 is 18.0 Å². The first kappa shape index (κ1) is 16.6. The normalized spacial score (nSPS) is 10.6. The van der Waals surface area contributed by atoms with Gasteiger partial charge in [-0.25, -0.2) is 0 Å². The van der Waals surface area contributed by atoms with Crippen molar-refractivity contribution in [1.82, 2.24) is 5.32 Å². The molecule has 0 spiro atoms. The van der Waals surface area contributed by atoms with Crippen molar-refractivity contribution in [2.24, 2.45) is 0 Å². The SMILES string of the molecule is Cl.Nc1cccc(C(=O)NCCCC(F)(F)F)c1. The summed E-state index contributed by atoms with van der Waals surface area (Å²) in [7, 11) is 0. The highest BCUT2D eigenvalue weighted by molar-refractivity contribution is 5.94. The Morgan fingerprint density at radius 3 is 2.56 bits per heavy atom.